The summed E-state index contributed by atoms with van der Waals surface area (Å²) in [5.74, 6) is 0.251. The van der Waals surface area contributed by atoms with Gasteiger partial charge in [0.25, 0.3) is 5.56 Å². The SMILES string of the molecule is CCOC(=O)c1ccc(OCc2cc(=O)n3c4c(sc3n2)CCCC4)cc1. The van der Waals surface area contributed by atoms with E-state index in [2.05, 4.69) is 4.98 Å². The average Bonchev–Trinajstić information content (AvgIpc) is 3.06. The van der Waals surface area contributed by atoms with Gasteiger partial charge in [0.1, 0.15) is 12.4 Å². The maximum atomic E-state index is 12.5. The van der Waals surface area contributed by atoms with Gasteiger partial charge < -0.3 is 9.47 Å². The Morgan fingerprint density at radius 3 is 2.78 bits per heavy atom. The van der Waals surface area contributed by atoms with Crippen LogP contribution in [0.15, 0.2) is 35.1 Å². The smallest absolute Gasteiger partial charge is 0.338 e. The molecule has 0 amide bonds. The highest BCUT2D eigenvalue weighted by Gasteiger charge is 2.18. The highest BCUT2D eigenvalue weighted by atomic mass is 32.1. The van der Waals surface area contributed by atoms with Gasteiger partial charge in [0.05, 0.1) is 17.9 Å². The first-order valence-electron chi connectivity index (χ1n) is 9.09. The van der Waals surface area contributed by atoms with E-state index in [-0.39, 0.29) is 18.1 Å². The largest absolute Gasteiger partial charge is 0.487 e. The van der Waals surface area contributed by atoms with Gasteiger partial charge in [-0.3, -0.25) is 9.20 Å². The predicted molar refractivity (Wildman–Crippen MR) is 103 cm³/mol. The Morgan fingerprint density at radius 1 is 1.22 bits per heavy atom. The molecule has 4 rings (SSSR count). The zero-order valence-electron chi connectivity index (χ0n) is 15.1. The number of esters is 1. The van der Waals surface area contributed by atoms with Crippen LogP contribution in [0.25, 0.3) is 4.96 Å². The number of carbonyl (C=O) groups excluding carboxylic acids is 1. The fourth-order valence-electron chi connectivity index (χ4n) is 3.27. The molecule has 1 aliphatic carbocycles. The summed E-state index contributed by atoms with van der Waals surface area (Å²) in [6.07, 6.45) is 4.27. The first kappa shape index (κ1) is 17.7. The Balaban J connectivity index is 1.51. The number of aryl methyl sites for hydroxylation is 2. The maximum Gasteiger partial charge on any atom is 0.338 e. The molecule has 7 heteroatoms. The molecule has 0 aliphatic heterocycles. The van der Waals surface area contributed by atoms with Crippen molar-refractivity contribution in [3.05, 3.63) is 62.5 Å². The van der Waals surface area contributed by atoms with Crippen molar-refractivity contribution in [2.24, 2.45) is 0 Å². The molecule has 0 saturated carbocycles. The third kappa shape index (κ3) is 3.60. The number of fused-ring (bicyclic) bond motifs is 3. The molecule has 140 valence electrons. The van der Waals surface area contributed by atoms with E-state index in [1.165, 1.54) is 11.3 Å². The normalized spacial score (nSPS) is 13.4. The van der Waals surface area contributed by atoms with E-state index in [0.29, 0.717) is 23.6 Å². The van der Waals surface area contributed by atoms with Crippen LogP contribution in [0.1, 0.15) is 46.4 Å². The van der Waals surface area contributed by atoms with Crippen molar-refractivity contribution in [1.29, 1.82) is 0 Å². The molecule has 0 N–H and O–H groups in total. The molecule has 1 aromatic carbocycles. The molecular formula is C20H20N2O4S. The van der Waals surface area contributed by atoms with Gasteiger partial charge in [0.2, 0.25) is 0 Å². The minimum Gasteiger partial charge on any atom is -0.487 e. The number of carbonyl (C=O) groups is 1. The summed E-state index contributed by atoms with van der Waals surface area (Å²) >= 11 is 1.60. The van der Waals surface area contributed by atoms with Crippen molar-refractivity contribution in [1.82, 2.24) is 9.38 Å². The van der Waals surface area contributed by atoms with Gasteiger partial charge in [-0.1, -0.05) is 0 Å². The summed E-state index contributed by atoms with van der Waals surface area (Å²) < 4.78 is 12.4. The number of ether oxygens (including phenoxy) is 2. The quantitative estimate of drug-likeness (QED) is 0.631. The maximum absolute atomic E-state index is 12.5. The van der Waals surface area contributed by atoms with E-state index >= 15 is 0 Å². The fraction of sp³-hybridized carbons (Fsp3) is 0.350. The second kappa shape index (κ2) is 7.52. The van der Waals surface area contributed by atoms with Crippen molar-refractivity contribution < 1.29 is 14.3 Å². The summed E-state index contributed by atoms with van der Waals surface area (Å²) in [5.41, 5.74) is 2.16. The molecule has 0 unspecified atom stereocenters. The Morgan fingerprint density at radius 2 is 2.00 bits per heavy atom. The molecule has 0 fully saturated rings. The lowest BCUT2D eigenvalue weighted by atomic mass is 10.0. The Hall–Kier alpha value is -2.67. The van der Waals surface area contributed by atoms with Gasteiger partial charge in [0.15, 0.2) is 4.96 Å². The van der Waals surface area contributed by atoms with Gasteiger partial charge in [-0.25, -0.2) is 9.78 Å². The van der Waals surface area contributed by atoms with Crippen molar-refractivity contribution >= 4 is 22.3 Å². The first-order chi connectivity index (χ1) is 13.2. The Kier molecular flexibility index (Phi) is 4.94. The molecular weight excluding hydrogens is 364 g/mol. The van der Waals surface area contributed by atoms with Crippen LogP contribution in [-0.4, -0.2) is 22.0 Å². The molecule has 0 radical (unpaired) electrons. The van der Waals surface area contributed by atoms with E-state index in [4.69, 9.17) is 9.47 Å². The first-order valence-corrected chi connectivity index (χ1v) is 9.90. The molecule has 0 spiro atoms. The standard InChI is InChI=1S/C20H20N2O4S/c1-2-25-19(24)13-7-9-15(10-8-13)26-12-14-11-18(23)22-16-5-3-4-6-17(16)27-20(22)21-14/h7-11H,2-6,12H2,1H3. The highest BCUT2D eigenvalue weighted by Crippen LogP contribution is 2.28. The number of thiazole rings is 1. The van der Waals surface area contributed by atoms with Gasteiger partial charge in [-0.05, 0) is 56.9 Å². The monoisotopic (exact) mass is 384 g/mol. The van der Waals surface area contributed by atoms with Crippen LogP contribution < -0.4 is 10.3 Å². The van der Waals surface area contributed by atoms with Crippen molar-refractivity contribution in [3.8, 4) is 5.75 Å². The second-order valence-corrected chi connectivity index (χ2v) is 7.48. The lowest BCUT2D eigenvalue weighted by Crippen LogP contribution is -2.18. The zero-order valence-corrected chi connectivity index (χ0v) is 15.9. The molecule has 2 aromatic heterocycles. The zero-order chi connectivity index (χ0) is 18.8. The summed E-state index contributed by atoms with van der Waals surface area (Å²) in [6.45, 7) is 2.31. The number of aromatic nitrogens is 2. The van der Waals surface area contributed by atoms with Gasteiger partial charge in [-0.15, -0.1) is 11.3 Å². The lowest BCUT2D eigenvalue weighted by Gasteiger charge is -2.10. The van der Waals surface area contributed by atoms with E-state index in [1.807, 2.05) is 0 Å². The van der Waals surface area contributed by atoms with Gasteiger partial charge >= 0.3 is 5.97 Å². The summed E-state index contributed by atoms with van der Waals surface area (Å²) in [5, 5.41) is 0. The van der Waals surface area contributed by atoms with Crippen LogP contribution in [0.2, 0.25) is 0 Å². The number of rotatable bonds is 5. The van der Waals surface area contributed by atoms with Crippen molar-refractivity contribution in [3.63, 3.8) is 0 Å². The summed E-state index contributed by atoms with van der Waals surface area (Å²) in [6, 6.07) is 8.28. The summed E-state index contributed by atoms with van der Waals surface area (Å²) in [4.78, 5) is 30.8. The Labute approximate surface area is 160 Å². The van der Waals surface area contributed by atoms with Gasteiger partial charge in [0, 0.05) is 16.6 Å². The number of nitrogens with zero attached hydrogens (tertiary/aromatic N) is 2. The van der Waals surface area contributed by atoms with Crippen LogP contribution in [-0.2, 0) is 24.2 Å². The molecule has 2 heterocycles. The van der Waals surface area contributed by atoms with Crippen LogP contribution in [0, 0.1) is 0 Å². The number of benzene rings is 1. The lowest BCUT2D eigenvalue weighted by molar-refractivity contribution is 0.0526. The fourth-order valence-corrected chi connectivity index (χ4v) is 4.51. The minimum atomic E-state index is -0.356. The third-order valence-corrected chi connectivity index (χ3v) is 5.71. The van der Waals surface area contributed by atoms with Crippen LogP contribution in [0.3, 0.4) is 0 Å². The number of hydrogen-bond acceptors (Lipinski definition) is 6. The highest BCUT2D eigenvalue weighted by molar-refractivity contribution is 7.17. The second-order valence-electron chi connectivity index (χ2n) is 6.42. The van der Waals surface area contributed by atoms with Crippen LogP contribution >= 0.6 is 11.3 Å². The Bertz CT molecular complexity index is 1040. The van der Waals surface area contributed by atoms with Crippen LogP contribution in [0.5, 0.6) is 5.75 Å². The molecule has 0 atom stereocenters. The van der Waals surface area contributed by atoms with E-state index in [1.54, 1.807) is 53.0 Å². The average molecular weight is 384 g/mol. The van der Waals surface area contributed by atoms with E-state index in [9.17, 15) is 9.59 Å². The number of hydrogen-bond donors (Lipinski definition) is 0. The molecule has 27 heavy (non-hydrogen) atoms. The van der Waals surface area contributed by atoms with Crippen LogP contribution in [0.4, 0.5) is 0 Å². The molecule has 3 aromatic rings. The third-order valence-electron chi connectivity index (χ3n) is 4.57. The predicted octanol–water partition coefficient (Wildman–Crippen LogP) is 3.39. The molecule has 1 aliphatic rings. The van der Waals surface area contributed by atoms with Crippen molar-refractivity contribution in [2.75, 3.05) is 6.61 Å². The van der Waals surface area contributed by atoms with Crippen molar-refractivity contribution in [2.45, 2.75) is 39.2 Å². The van der Waals surface area contributed by atoms with Gasteiger partial charge in [-0.2, -0.15) is 0 Å². The molecule has 6 nitrogen and oxygen atoms in total. The molecule has 0 saturated heterocycles. The summed E-state index contributed by atoms with van der Waals surface area (Å²) in [7, 11) is 0. The topological polar surface area (TPSA) is 69.9 Å². The van der Waals surface area contributed by atoms with E-state index in [0.717, 1.165) is 29.9 Å². The molecule has 0 bridgehead atoms. The van der Waals surface area contributed by atoms with E-state index < -0.39 is 0 Å². The minimum absolute atomic E-state index is 0.0457.